The van der Waals surface area contributed by atoms with Crippen LogP contribution < -0.4 is 4.74 Å². The zero-order chi connectivity index (χ0) is 15.0. The predicted octanol–water partition coefficient (Wildman–Crippen LogP) is 3.11. The first-order valence-electron chi connectivity index (χ1n) is 7.53. The first-order valence-corrected chi connectivity index (χ1v) is 7.53. The molecule has 0 fully saturated rings. The highest BCUT2D eigenvalue weighted by Gasteiger charge is 2.24. The monoisotopic (exact) mass is 286 g/mol. The molecule has 2 aromatic rings. The van der Waals surface area contributed by atoms with Gasteiger partial charge in [0.15, 0.2) is 0 Å². The summed E-state index contributed by atoms with van der Waals surface area (Å²) in [6, 6.07) is 6.09. The third kappa shape index (κ3) is 2.62. The fourth-order valence-electron chi connectivity index (χ4n) is 3.04. The van der Waals surface area contributed by atoms with Crippen molar-refractivity contribution in [3.05, 3.63) is 29.5 Å². The number of amides is 1. The molecule has 4 heteroatoms. The number of H-pyrrole nitrogens is 1. The van der Waals surface area contributed by atoms with Gasteiger partial charge in [-0.1, -0.05) is 13.8 Å². The Kier molecular flexibility index (Phi) is 3.62. The fourth-order valence-corrected chi connectivity index (χ4v) is 3.04. The Labute approximate surface area is 125 Å². The van der Waals surface area contributed by atoms with Crippen LogP contribution in [0.4, 0.5) is 0 Å². The minimum absolute atomic E-state index is 0.256. The average Bonchev–Trinajstić information content (AvgIpc) is 2.83. The van der Waals surface area contributed by atoms with Gasteiger partial charge in [-0.05, 0) is 36.1 Å². The van der Waals surface area contributed by atoms with Crippen LogP contribution in [0, 0.1) is 5.92 Å². The number of nitrogens with one attached hydrogen (secondary N) is 1. The summed E-state index contributed by atoms with van der Waals surface area (Å²) in [6.07, 6.45) is 1.54. The van der Waals surface area contributed by atoms with Crippen molar-refractivity contribution in [2.75, 3.05) is 13.7 Å². The molecule has 4 nitrogen and oxygen atoms in total. The number of aromatic amines is 1. The Balaban J connectivity index is 1.88. The molecular formula is C17H22N2O2. The van der Waals surface area contributed by atoms with Crippen LogP contribution in [0.15, 0.2) is 18.2 Å². The normalized spacial score (nSPS) is 14.6. The molecule has 0 spiro atoms. The SMILES string of the molecule is COc1ccc2[nH]c3c(c2c1)CCN(C(=O)CC(C)C)C3. The summed E-state index contributed by atoms with van der Waals surface area (Å²) in [7, 11) is 1.69. The molecule has 0 bridgehead atoms. The minimum atomic E-state index is 0.256. The van der Waals surface area contributed by atoms with Gasteiger partial charge >= 0.3 is 0 Å². The summed E-state index contributed by atoms with van der Waals surface area (Å²) in [4.78, 5) is 17.6. The van der Waals surface area contributed by atoms with Crippen molar-refractivity contribution in [3.63, 3.8) is 0 Å². The lowest BCUT2D eigenvalue weighted by Gasteiger charge is -2.27. The van der Waals surface area contributed by atoms with Crippen molar-refractivity contribution in [2.45, 2.75) is 33.2 Å². The van der Waals surface area contributed by atoms with Crippen LogP contribution in [0.5, 0.6) is 5.75 Å². The summed E-state index contributed by atoms with van der Waals surface area (Å²) < 4.78 is 5.31. The van der Waals surface area contributed by atoms with Gasteiger partial charge in [0.25, 0.3) is 0 Å². The van der Waals surface area contributed by atoms with Crippen LogP contribution in [0.25, 0.3) is 10.9 Å². The number of rotatable bonds is 3. The topological polar surface area (TPSA) is 45.3 Å². The minimum Gasteiger partial charge on any atom is -0.497 e. The van der Waals surface area contributed by atoms with Gasteiger partial charge in [-0.25, -0.2) is 0 Å². The van der Waals surface area contributed by atoms with Gasteiger partial charge in [0.1, 0.15) is 5.75 Å². The summed E-state index contributed by atoms with van der Waals surface area (Å²) in [5.74, 6) is 1.54. The number of nitrogens with zero attached hydrogens (tertiary/aromatic N) is 1. The number of hydrogen-bond donors (Lipinski definition) is 1. The van der Waals surface area contributed by atoms with E-state index in [1.54, 1.807) is 7.11 Å². The molecule has 1 amide bonds. The molecule has 1 aliphatic rings. The number of benzene rings is 1. The summed E-state index contributed by atoms with van der Waals surface area (Å²) in [5, 5.41) is 1.22. The quantitative estimate of drug-likeness (QED) is 0.942. The molecule has 0 aliphatic carbocycles. The molecule has 0 atom stereocenters. The molecule has 1 aromatic heterocycles. The molecule has 1 aromatic carbocycles. The van der Waals surface area contributed by atoms with Crippen molar-refractivity contribution in [2.24, 2.45) is 5.92 Å². The van der Waals surface area contributed by atoms with Crippen molar-refractivity contribution in [1.29, 1.82) is 0 Å². The number of fused-ring (bicyclic) bond motifs is 3. The smallest absolute Gasteiger partial charge is 0.223 e. The lowest BCUT2D eigenvalue weighted by molar-refractivity contribution is -0.132. The van der Waals surface area contributed by atoms with Crippen molar-refractivity contribution < 1.29 is 9.53 Å². The van der Waals surface area contributed by atoms with Crippen LogP contribution in [-0.2, 0) is 17.8 Å². The van der Waals surface area contributed by atoms with Gasteiger partial charge < -0.3 is 14.6 Å². The van der Waals surface area contributed by atoms with E-state index < -0.39 is 0 Å². The highest BCUT2D eigenvalue weighted by atomic mass is 16.5. The third-order valence-corrected chi connectivity index (χ3v) is 4.12. The van der Waals surface area contributed by atoms with Gasteiger partial charge in [0.05, 0.1) is 13.7 Å². The van der Waals surface area contributed by atoms with E-state index in [0.717, 1.165) is 24.2 Å². The van der Waals surface area contributed by atoms with E-state index in [1.165, 1.54) is 16.6 Å². The molecule has 0 saturated carbocycles. The van der Waals surface area contributed by atoms with Crippen LogP contribution in [0.1, 0.15) is 31.5 Å². The maximum absolute atomic E-state index is 12.2. The molecule has 1 aliphatic heterocycles. The Morgan fingerprint density at radius 3 is 2.95 bits per heavy atom. The van der Waals surface area contributed by atoms with E-state index in [9.17, 15) is 4.79 Å². The molecule has 21 heavy (non-hydrogen) atoms. The van der Waals surface area contributed by atoms with Crippen LogP contribution in [-0.4, -0.2) is 29.4 Å². The lowest BCUT2D eigenvalue weighted by Crippen LogP contribution is -2.36. The number of ether oxygens (including phenoxy) is 1. The molecule has 0 unspecified atom stereocenters. The van der Waals surface area contributed by atoms with E-state index in [2.05, 4.69) is 24.9 Å². The van der Waals surface area contributed by atoms with Gasteiger partial charge in [0, 0.05) is 29.6 Å². The van der Waals surface area contributed by atoms with Gasteiger partial charge in [-0.15, -0.1) is 0 Å². The molecule has 112 valence electrons. The van der Waals surface area contributed by atoms with Crippen molar-refractivity contribution in [1.82, 2.24) is 9.88 Å². The maximum atomic E-state index is 12.2. The molecule has 0 radical (unpaired) electrons. The summed E-state index contributed by atoms with van der Waals surface area (Å²) >= 11 is 0. The second kappa shape index (κ2) is 5.43. The highest BCUT2D eigenvalue weighted by molar-refractivity contribution is 5.87. The summed E-state index contributed by atoms with van der Waals surface area (Å²) in [6.45, 7) is 5.67. The summed E-state index contributed by atoms with van der Waals surface area (Å²) in [5.41, 5.74) is 3.62. The molecule has 1 N–H and O–H groups in total. The second-order valence-electron chi connectivity index (χ2n) is 6.16. The highest BCUT2D eigenvalue weighted by Crippen LogP contribution is 2.30. The zero-order valence-electron chi connectivity index (χ0n) is 12.9. The largest absolute Gasteiger partial charge is 0.497 e. The lowest BCUT2D eigenvalue weighted by atomic mass is 10.0. The van der Waals surface area contributed by atoms with Gasteiger partial charge in [-0.3, -0.25) is 4.79 Å². The number of hydrogen-bond acceptors (Lipinski definition) is 2. The van der Waals surface area contributed by atoms with E-state index >= 15 is 0 Å². The van der Waals surface area contributed by atoms with Crippen molar-refractivity contribution >= 4 is 16.8 Å². The van der Waals surface area contributed by atoms with Crippen LogP contribution in [0.3, 0.4) is 0 Å². The zero-order valence-corrected chi connectivity index (χ0v) is 12.9. The second-order valence-corrected chi connectivity index (χ2v) is 6.16. The standard InChI is InChI=1S/C17H22N2O2/c1-11(2)8-17(20)19-7-6-13-14-9-12(21-3)4-5-15(14)18-16(13)10-19/h4-5,9,11,18H,6-8,10H2,1-3H3. The Hall–Kier alpha value is -1.97. The molecular weight excluding hydrogens is 264 g/mol. The molecule has 3 rings (SSSR count). The van der Waals surface area contributed by atoms with E-state index in [4.69, 9.17) is 4.74 Å². The van der Waals surface area contributed by atoms with Crippen molar-refractivity contribution in [3.8, 4) is 5.75 Å². The van der Waals surface area contributed by atoms with Crippen LogP contribution >= 0.6 is 0 Å². The van der Waals surface area contributed by atoms with Crippen LogP contribution in [0.2, 0.25) is 0 Å². The number of carbonyl (C=O) groups excluding carboxylic acids is 1. The number of aromatic nitrogens is 1. The Morgan fingerprint density at radius 2 is 2.24 bits per heavy atom. The maximum Gasteiger partial charge on any atom is 0.223 e. The van der Waals surface area contributed by atoms with E-state index in [0.29, 0.717) is 18.9 Å². The number of carbonyl (C=O) groups is 1. The Morgan fingerprint density at radius 1 is 1.43 bits per heavy atom. The first-order chi connectivity index (χ1) is 10.1. The molecule has 2 heterocycles. The van der Waals surface area contributed by atoms with Gasteiger partial charge in [0.2, 0.25) is 5.91 Å². The number of methoxy groups -OCH3 is 1. The van der Waals surface area contributed by atoms with Gasteiger partial charge in [-0.2, -0.15) is 0 Å². The first kappa shape index (κ1) is 14.0. The van der Waals surface area contributed by atoms with E-state index in [-0.39, 0.29) is 5.91 Å². The average molecular weight is 286 g/mol. The predicted molar refractivity (Wildman–Crippen MR) is 83.4 cm³/mol. The molecule has 0 saturated heterocycles. The third-order valence-electron chi connectivity index (χ3n) is 4.12. The fraction of sp³-hybridized carbons (Fsp3) is 0.471. The van der Waals surface area contributed by atoms with E-state index in [1.807, 2.05) is 17.0 Å². The Bertz CT molecular complexity index is 673.